The van der Waals surface area contributed by atoms with Gasteiger partial charge in [0.1, 0.15) is 0 Å². The quantitative estimate of drug-likeness (QED) is 0.688. The SMILES string of the molecule is Nc1c(-c2ccncc2)[nH]c2c(Cl)cccc12. The minimum Gasteiger partial charge on any atom is -0.396 e. The van der Waals surface area contributed by atoms with Crippen molar-refractivity contribution in [3.05, 3.63) is 47.7 Å². The lowest BCUT2D eigenvalue weighted by Crippen LogP contribution is -1.86. The normalized spacial score (nSPS) is 10.9. The van der Waals surface area contributed by atoms with Crippen molar-refractivity contribution in [3.63, 3.8) is 0 Å². The van der Waals surface area contributed by atoms with Crippen LogP contribution in [0.1, 0.15) is 0 Å². The lowest BCUT2D eigenvalue weighted by Gasteiger charge is -1.98. The molecule has 2 aromatic heterocycles. The van der Waals surface area contributed by atoms with E-state index in [1.54, 1.807) is 12.4 Å². The van der Waals surface area contributed by atoms with Crippen molar-refractivity contribution in [1.29, 1.82) is 0 Å². The van der Waals surface area contributed by atoms with Gasteiger partial charge in [0.25, 0.3) is 0 Å². The number of rotatable bonds is 1. The number of nitrogens with two attached hydrogens (primary N) is 1. The molecule has 3 nitrogen and oxygen atoms in total. The van der Waals surface area contributed by atoms with E-state index in [0.29, 0.717) is 10.7 Å². The van der Waals surface area contributed by atoms with Crippen LogP contribution < -0.4 is 5.73 Å². The molecule has 0 saturated carbocycles. The fourth-order valence-corrected chi connectivity index (χ4v) is 2.17. The first-order chi connectivity index (χ1) is 8.27. The average molecular weight is 244 g/mol. The highest BCUT2D eigenvalue weighted by Gasteiger charge is 2.11. The molecule has 0 aliphatic heterocycles. The molecule has 0 bridgehead atoms. The van der Waals surface area contributed by atoms with E-state index in [1.807, 2.05) is 30.3 Å². The Kier molecular flexibility index (Phi) is 2.27. The average Bonchev–Trinajstić information content (AvgIpc) is 2.70. The van der Waals surface area contributed by atoms with Gasteiger partial charge in [-0.25, -0.2) is 0 Å². The van der Waals surface area contributed by atoms with Crippen LogP contribution in [0.2, 0.25) is 5.02 Å². The number of halogens is 1. The number of aromatic amines is 1. The number of pyridine rings is 1. The topological polar surface area (TPSA) is 54.7 Å². The molecule has 0 spiro atoms. The van der Waals surface area contributed by atoms with Gasteiger partial charge < -0.3 is 10.7 Å². The molecule has 0 aliphatic rings. The van der Waals surface area contributed by atoms with Crippen molar-refractivity contribution in [2.75, 3.05) is 5.73 Å². The molecule has 4 heteroatoms. The smallest absolute Gasteiger partial charge is 0.0700 e. The van der Waals surface area contributed by atoms with E-state index in [2.05, 4.69) is 9.97 Å². The first-order valence-corrected chi connectivity index (χ1v) is 5.61. The number of hydrogen-bond acceptors (Lipinski definition) is 2. The maximum Gasteiger partial charge on any atom is 0.0700 e. The maximum absolute atomic E-state index is 6.13. The maximum atomic E-state index is 6.13. The predicted octanol–water partition coefficient (Wildman–Crippen LogP) is 3.47. The van der Waals surface area contributed by atoms with E-state index in [4.69, 9.17) is 17.3 Å². The van der Waals surface area contributed by atoms with Crippen LogP contribution in [0.5, 0.6) is 0 Å². The lowest BCUT2D eigenvalue weighted by molar-refractivity contribution is 1.32. The number of fused-ring (bicyclic) bond motifs is 1. The molecule has 0 saturated heterocycles. The molecule has 0 unspecified atom stereocenters. The van der Waals surface area contributed by atoms with Gasteiger partial charge in [-0.05, 0) is 18.2 Å². The van der Waals surface area contributed by atoms with Gasteiger partial charge in [0.2, 0.25) is 0 Å². The number of aromatic nitrogens is 2. The first kappa shape index (κ1) is 10.2. The van der Waals surface area contributed by atoms with E-state index in [1.165, 1.54) is 0 Å². The highest BCUT2D eigenvalue weighted by Crippen LogP contribution is 2.35. The molecular formula is C13H10ClN3. The highest BCUT2D eigenvalue weighted by molar-refractivity contribution is 6.35. The van der Waals surface area contributed by atoms with Crippen molar-refractivity contribution in [3.8, 4) is 11.3 Å². The van der Waals surface area contributed by atoms with Gasteiger partial charge in [0, 0.05) is 23.3 Å². The fraction of sp³-hybridized carbons (Fsp3) is 0. The second-order valence-corrected chi connectivity index (χ2v) is 4.22. The summed E-state index contributed by atoms with van der Waals surface area (Å²) in [6, 6.07) is 9.52. The number of H-pyrrole nitrogens is 1. The van der Waals surface area contributed by atoms with Crippen LogP contribution in [0.25, 0.3) is 22.2 Å². The number of nitrogen functional groups attached to an aromatic ring is 1. The molecular weight excluding hydrogens is 234 g/mol. The Labute approximate surface area is 103 Å². The van der Waals surface area contributed by atoms with Gasteiger partial charge in [-0.3, -0.25) is 4.98 Å². The number of nitrogens with one attached hydrogen (secondary N) is 1. The molecule has 3 aromatic rings. The predicted molar refractivity (Wildman–Crippen MR) is 71.0 cm³/mol. The third kappa shape index (κ3) is 1.56. The van der Waals surface area contributed by atoms with Crippen molar-refractivity contribution in [2.24, 2.45) is 0 Å². The van der Waals surface area contributed by atoms with Crippen molar-refractivity contribution < 1.29 is 0 Å². The highest BCUT2D eigenvalue weighted by atomic mass is 35.5. The number of para-hydroxylation sites is 1. The molecule has 3 rings (SSSR count). The van der Waals surface area contributed by atoms with Gasteiger partial charge in [0.05, 0.1) is 21.9 Å². The summed E-state index contributed by atoms with van der Waals surface area (Å²) in [4.78, 5) is 7.25. The zero-order valence-electron chi connectivity index (χ0n) is 8.94. The van der Waals surface area contributed by atoms with E-state index in [-0.39, 0.29) is 0 Å². The van der Waals surface area contributed by atoms with Crippen molar-refractivity contribution in [1.82, 2.24) is 9.97 Å². The minimum atomic E-state index is 0.675. The molecule has 2 heterocycles. The fourth-order valence-electron chi connectivity index (χ4n) is 1.95. The summed E-state index contributed by atoms with van der Waals surface area (Å²) in [5.41, 5.74) is 9.61. The van der Waals surface area contributed by atoms with E-state index >= 15 is 0 Å². The summed E-state index contributed by atoms with van der Waals surface area (Å²) in [6.45, 7) is 0. The van der Waals surface area contributed by atoms with E-state index < -0.39 is 0 Å². The summed E-state index contributed by atoms with van der Waals surface area (Å²) in [7, 11) is 0. The van der Waals surface area contributed by atoms with Crippen molar-refractivity contribution in [2.45, 2.75) is 0 Å². The molecule has 0 radical (unpaired) electrons. The summed E-state index contributed by atoms with van der Waals surface area (Å²) in [5, 5.41) is 1.62. The second-order valence-electron chi connectivity index (χ2n) is 3.81. The Morgan fingerprint density at radius 3 is 2.59 bits per heavy atom. The zero-order valence-corrected chi connectivity index (χ0v) is 9.70. The van der Waals surface area contributed by atoms with Gasteiger partial charge in [-0.1, -0.05) is 23.7 Å². The number of nitrogens with zero attached hydrogens (tertiary/aromatic N) is 1. The van der Waals surface area contributed by atoms with Gasteiger partial charge in [-0.15, -0.1) is 0 Å². The molecule has 0 amide bonds. The van der Waals surface area contributed by atoms with Gasteiger partial charge >= 0.3 is 0 Å². The van der Waals surface area contributed by atoms with E-state index in [0.717, 1.165) is 22.2 Å². The monoisotopic (exact) mass is 243 g/mol. The Morgan fingerprint density at radius 1 is 1.12 bits per heavy atom. The largest absolute Gasteiger partial charge is 0.396 e. The Bertz CT molecular complexity index is 674. The molecule has 17 heavy (non-hydrogen) atoms. The number of anilines is 1. The van der Waals surface area contributed by atoms with Gasteiger partial charge in [0.15, 0.2) is 0 Å². The van der Waals surface area contributed by atoms with Crippen LogP contribution in [0.3, 0.4) is 0 Å². The van der Waals surface area contributed by atoms with Crippen LogP contribution in [0.4, 0.5) is 5.69 Å². The number of benzene rings is 1. The third-order valence-electron chi connectivity index (χ3n) is 2.79. The Morgan fingerprint density at radius 2 is 1.88 bits per heavy atom. The molecule has 3 N–H and O–H groups in total. The first-order valence-electron chi connectivity index (χ1n) is 5.23. The standard InChI is InChI=1S/C13H10ClN3/c14-10-3-1-2-9-11(15)12(17-13(9)10)8-4-6-16-7-5-8/h1-7,17H,15H2. The summed E-state index contributed by atoms with van der Waals surface area (Å²) < 4.78 is 0. The summed E-state index contributed by atoms with van der Waals surface area (Å²) in [5.74, 6) is 0. The van der Waals surface area contributed by atoms with E-state index in [9.17, 15) is 0 Å². The molecule has 84 valence electrons. The lowest BCUT2D eigenvalue weighted by atomic mass is 10.1. The number of hydrogen-bond donors (Lipinski definition) is 2. The molecule has 0 atom stereocenters. The Hall–Kier alpha value is -2.00. The molecule has 0 aliphatic carbocycles. The van der Waals surface area contributed by atoms with Crippen molar-refractivity contribution >= 4 is 28.2 Å². The van der Waals surface area contributed by atoms with Crippen LogP contribution in [-0.4, -0.2) is 9.97 Å². The zero-order chi connectivity index (χ0) is 11.8. The van der Waals surface area contributed by atoms with Crippen LogP contribution in [0, 0.1) is 0 Å². The third-order valence-corrected chi connectivity index (χ3v) is 3.11. The summed E-state index contributed by atoms with van der Waals surface area (Å²) in [6.07, 6.45) is 3.48. The molecule has 0 fully saturated rings. The van der Waals surface area contributed by atoms with Gasteiger partial charge in [-0.2, -0.15) is 0 Å². The van der Waals surface area contributed by atoms with Crippen LogP contribution in [-0.2, 0) is 0 Å². The Balaban J connectivity index is 2.32. The molecule has 1 aromatic carbocycles. The summed E-state index contributed by atoms with van der Waals surface area (Å²) >= 11 is 6.13. The second kappa shape index (κ2) is 3.79. The van der Waals surface area contributed by atoms with Crippen LogP contribution in [0.15, 0.2) is 42.7 Å². The van der Waals surface area contributed by atoms with Crippen LogP contribution >= 0.6 is 11.6 Å². The minimum absolute atomic E-state index is 0.675.